The smallest absolute Gasteiger partial charge is 0.341 e. The van der Waals surface area contributed by atoms with Gasteiger partial charge in [-0.3, -0.25) is 4.90 Å². The van der Waals surface area contributed by atoms with Gasteiger partial charge in [0.2, 0.25) is 6.04 Å². The van der Waals surface area contributed by atoms with E-state index in [-0.39, 0.29) is 0 Å². The summed E-state index contributed by atoms with van der Waals surface area (Å²) in [6.45, 7) is 12.1. The Balaban J connectivity index is 4.54. The van der Waals surface area contributed by atoms with Crippen LogP contribution in [0.5, 0.6) is 0 Å². The summed E-state index contributed by atoms with van der Waals surface area (Å²) in [5, 5.41) is 0. The Morgan fingerprint density at radius 3 is 2.31 bits per heavy atom. The Hall–Kier alpha value is -0.590. The van der Waals surface area contributed by atoms with Crippen molar-refractivity contribution in [2.45, 2.75) is 53.5 Å². The van der Waals surface area contributed by atoms with Crippen LogP contribution in [0.25, 0.3) is 0 Å². The Labute approximate surface area is 102 Å². The molecular weight excluding hydrogens is 198 g/mol. The molecule has 0 aromatic rings. The molecule has 0 N–H and O–H groups in total. The number of likely N-dealkylation sites (N-methyl/N-ethyl adjacent to an activating group) is 1. The summed E-state index contributed by atoms with van der Waals surface area (Å²) in [5.41, 5.74) is 0.294. The van der Waals surface area contributed by atoms with Crippen LogP contribution in [0.4, 0.5) is 0 Å². The minimum absolute atomic E-state index is 0.294. The largest absolute Gasteiger partial charge is 0.460 e. The Morgan fingerprint density at radius 1 is 1.38 bits per heavy atom. The van der Waals surface area contributed by atoms with E-state index in [0.717, 1.165) is 25.1 Å². The van der Waals surface area contributed by atoms with Gasteiger partial charge in [0.15, 0.2) is 0 Å². The van der Waals surface area contributed by atoms with Crippen molar-refractivity contribution in [3.63, 3.8) is 0 Å². The molecule has 0 rings (SSSR count). The topological polar surface area (TPSA) is 12.5 Å². The monoisotopic (exact) mass is 226 g/mol. The molecule has 0 saturated heterocycles. The first kappa shape index (κ1) is 15.4. The summed E-state index contributed by atoms with van der Waals surface area (Å²) < 4.78 is 5.43. The Morgan fingerprint density at radius 2 is 1.94 bits per heavy atom. The van der Waals surface area contributed by atoms with E-state index in [1.807, 2.05) is 0 Å². The molecular formula is C14H28NO+. The Kier molecular flexibility index (Phi) is 6.62. The zero-order valence-corrected chi connectivity index (χ0v) is 12.1. The maximum Gasteiger partial charge on any atom is 0.341 e. The molecule has 0 aliphatic rings. The van der Waals surface area contributed by atoms with Gasteiger partial charge in [0, 0.05) is 6.92 Å². The number of ether oxygens (including phenoxy) is 1. The summed E-state index contributed by atoms with van der Waals surface area (Å²) in [4.78, 5) is 2.25. The number of hydrogen-bond acceptors (Lipinski definition) is 2. The summed E-state index contributed by atoms with van der Waals surface area (Å²) in [7, 11) is 3.85. The van der Waals surface area contributed by atoms with Gasteiger partial charge in [-0.2, -0.15) is 0 Å². The minimum Gasteiger partial charge on any atom is -0.460 e. The maximum absolute atomic E-state index is 5.43. The van der Waals surface area contributed by atoms with E-state index in [4.69, 9.17) is 4.74 Å². The van der Waals surface area contributed by atoms with Gasteiger partial charge in [-0.05, 0) is 19.0 Å². The number of allylic oxidation sites excluding steroid dienone is 1. The van der Waals surface area contributed by atoms with E-state index >= 15 is 0 Å². The number of methoxy groups -OCH3 is 1. The highest BCUT2D eigenvalue weighted by Gasteiger charge is 2.27. The number of rotatable bonds is 7. The van der Waals surface area contributed by atoms with E-state index in [9.17, 15) is 0 Å². The zero-order chi connectivity index (χ0) is 12.8. The molecule has 94 valence electrons. The van der Waals surface area contributed by atoms with Crippen LogP contribution in [0.15, 0.2) is 5.76 Å². The fourth-order valence-electron chi connectivity index (χ4n) is 1.36. The molecule has 2 heteroatoms. The molecule has 0 amide bonds. The molecule has 0 aliphatic carbocycles. The zero-order valence-electron chi connectivity index (χ0n) is 12.1. The lowest BCUT2D eigenvalue weighted by atomic mass is 9.85. The first-order valence-electron chi connectivity index (χ1n) is 6.22. The fraction of sp³-hybridized carbons (Fsp3) is 0.857. The standard InChI is InChI=1S/C14H28NO/c1-8-14(4,5)11-13(16-7)10-12(3)15(6)9-2/h12H,8-9,11H2,1-7H3/q+1. The summed E-state index contributed by atoms with van der Waals surface area (Å²) in [6.07, 6.45) is 5.54. The van der Waals surface area contributed by atoms with E-state index < -0.39 is 0 Å². The maximum atomic E-state index is 5.43. The third-order valence-corrected chi connectivity index (χ3v) is 3.37. The molecule has 1 unspecified atom stereocenters. The first-order chi connectivity index (χ1) is 7.36. The molecule has 1 atom stereocenters. The molecule has 0 aromatic heterocycles. The van der Waals surface area contributed by atoms with Crippen molar-refractivity contribution in [3.05, 3.63) is 11.8 Å². The van der Waals surface area contributed by atoms with Crippen LogP contribution in [0.3, 0.4) is 0 Å². The van der Waals surface area contributed by atoms with Crippen LogP contribution >= 0.6 is 0 Å². The number of nitrogens with zero attached hydrogens (tertiary/aromatic N) is 1. The van der Waals surface area contributed by atoms with Crippen molar-refractivity contribution >= 4 is 0 Å². The molecule has 0 heterocycles. The van der Waals surface area contributed by atoms with Gasteiger partial charge in [-0.25, -0.2) is 0 Å². The lowest BCUT2D eigenvalue weighted by Crippen LogP contribution is -2.28. The van der Waals surface area contributed by atoms with Crippen LogP contribution < -0.4 is 0 Å². The average molecular weight is 226 g/mol. The summed E-state index contributed by atoms with van der Waals surface area (Å²) in [5.74, 6) is 0.986. The van der Waals surface area contributed by atoms with Gasteiger partial charge in [0.25, 0.3) is 6.08 Å². The Bertz CT molecular complexity index is 221. The molecule has 0 aliphatic heterocycles. The van der Waals surface area contributed by atoms with Crippen molar-refractivity contribution in [1.29, 1.82) is 0 Å². The van der Waals surface area contributed by atoms with Crippen molar-refractivity contribution in [2.24, 2.45) is 5.41 Å². The second kappa shape index (κ2) is 6.88. The van der Waals surface area contributed by atoms with Crippen molar-refractivity contribution in [3.8, 4) is 0 Å². The third kappa shape index (κ3) is 5.48. The molecule has 0 aromatic carbocycles. The van der Waals surface area contributed by atoms with E-state index in [0.29, 0.717) is 11.5 Å². The van der Waals surface area contributed by atoms with Gasteiger partial charge < -0.3 is 4.74 Å². The van der Waals surface area contributed by atoms with Gasteiger partial charge in [-0.15, -0.1) is 0 Å². The van der Waals surface area contributed by atoms with Crippen LogP contribution in [0, 0.1) is 11.5 Å². The van der Waals surface area contributed by atoms with Crippen molar-refractivity contribution in [2.75, 3.05) is 20.7 Å². The van der Waals surface area contributed by atoms with Crippen molar-refractivity contribution < 1.29 is 4.74 Å². The van der Waals surface area contributed by atoms with Crippen LogP contribution in [0.1, 0.15) is 47.5 Å². The van der Waals surface area contributed by atoms with Gasteiger partial charge in [0.05, 0.1) is 13.5 Å². The second-order valence-corrected chi connectivity index (χ2v) is 5.22. The molecule has 0 saturated carbocycles. The second-order valence-electron chi connectivity index (χ2n) is 5.22. The predicted octanol–water partition coefficient (Wildman–Crippen LogP) is 3.49. The molecule has 0 bridgehead atoms. The normalized spacial score (nSPS) is 14.9. The van der Waals surface area contributed by atoms with Gasteiger partial charge in [-0.1, -0.05) is 34.1 Å². The van der Waals surface area contributed by atoms with Crippen LogP contribution in [-0.2, 0) is 4.74 Å². The number of hydrogen-bond donors (Lipinski definition) is 0. The highest BCUT2D eigenvalue weighted by molar-refractivity contribution is 4.96. The lowest BCUT2D eigenvalue weighted by molar-refractivity contribution is 0.211. The third-order valence-electron chi connectivity index (χ3n) is 3.37. The summed E-state index contributed by atoms with van der Waals surface area (Å²) in [6, 6.07) is 0.313. The molecule has 0 radical (unpaired) electrons. The molecule has 0 spiro atoms. The average Bonchev–Trinajstić information content (AvgIpc) is 2.26. The van der Waals surface area contributed by atoms with E-state index in [1.54, 1.807) is 7.11 Å². The molecule has 16 heavy (non-hydrogen) atoms. The van der Waals surface area contributed by atoms with E-state index in [1.165, 1.54) is 0 Å². The fourth-order valence-corrected chi connectivity index (χ4v) is 1.36. The first-order valence-corrected chi connectivity index (χ1v) is 6.22. The van der Waals surface area contributed by atoms with Crippen molar-refractivity contribution in [1.82, 2.24) is 4.90 Å². The SMILES string of the molecule is CCN(C)C(C)[C+]=C(CC(C)(C)CC)OC. The van der Waals surface area contributed by atoms with Gasteiger partial charge in [0.1, 0.15) is 0 Å². The van der Waals surface area contributed by atoms with Crippen LogP contribution in [-0.4, -0.2) is 31.6 Å². The summed E-state index contributed by atoms with van der Waals surface area (Å²) >= 11 is 0. The highest BCUT2D eigenvalue weighted by Crippen LogP contribution is 2.28. The van der Waals surface area contributed by atoms with Crippen LogP contribution in [0.2, 0.25) is 0 Å². The quantitative estimate of drug-likeness (QED) is 0.487. The lowest BCUT2D eigenvalue weighted by Gasteiger charge is -2.20. The minimum atomic E-state index is 0.294. The predicted molar refractivity (Wildman–Crippen MR) is 70.2 cm³/mol. The highest BCUT2D eigenvalue weighted by atomic mass is 16.5. The molecule has 2 nitrogen and oxygen atoms in total. The van der Waals surface area contributed by atoms with Gasteiger partial charge >= 0.3 is 5.76 Å². The molecule has 0 fully saturated rings. The van der Waals surface area contributed by atoms with E-state index in [2.05, 4.69) is 52.6 Å².